The van der Waals surface area contributed by atoms with Gasteiger partial charge < -0.3 is 4.42 Å². The summed E-state index contributed by atoms with van der Waals surface area (Å²) in [4.78, 5) is 25.2. The molecule has 1 aliphatic heterocycles. The minimum absolute atomic E-state index is 0.00530. The zero-order valence-electron chi connectivity index (χ0n) is 15.8. The van der Waals surface area contributed by atoms with Crippen LogP contribution in [0.25, 0.3) is 17.4 Å². The van der Waals surface area contributed by atoms with Gasteiger partial charge in [-0.15, -0.1) is 0 Å². The first kappa shape index (κ1) is 21.2. The number of halogens is 2. The van der Waals surface area contributed by atoms with Crippen molar-refractivity contribution >= 4 is 63.3 Å². The van der Waals surface area contributed by atoms with Crippen molar-refractivity contribution in [2.75, 3.05) is 4.90 Å². The molecule has 1 aliphatic rings. The molecule has 0 unspecified atom stereocenters. The Kier molecular flexibility index (Phi) is 5.65. The molecule has 2 aromatic carbocycles. The summed E-state index contributed by atoms with van der Waals surface area (Å²) in [6.45, 7) is 1.65. The molecule has 2 heterocycles. The van der Waals surface area contributed by atoms with Crippen LogP contribution < -0.4 is 4.90 Å². The molecular formula is C21H12ClFN2O4S2. The third-order valence-electron chi connectivity index (χ3n) is 4.62. The Morgan fingerprint density at radius 2 is 2.03 bits per heavy atom. The number of benzene rings is 2. The average Bonchev–Trinajstić information content (AvgIpc) is 3.29. The smallest absolute Gasteiger partial charge is 0.273 e. The lowest BCUT2D eigenvalue weighted by atomic mass is 10.1. The molecule has 0 saturated carbocycles. The van der Waals surface area contributed by atoms with Gasteiger partial charge in [-0.3, -0.25) is 19.8 Å². The van der Waals surface area contributed by atoms with Crippen LogP contribution in [0, 0.1) is 22.9 Å². The van der Waals surface area contributed by atoms with Crippen molar-refractivity contribution < 1.29 is 18.5 Å². The van der Waals surface area contributed by atoms with Gasteiger partial charge in [-0.05, 0) is 37.3 Å². The predicted molar refractivity (Wildman–Crippen MR) is 123 cm³/mol. The van der Waals surface area contributed by atoms with Gasteiger partial charge in [-0.25, -0.2) is 4.39 Å². The SMILES string of the molecule is Cc1c(-c2ccc(C=C3SC(=S)N(c4ccc(F)c(Cl)c4)C3=O)o2)cccc1[N+](=O)[O-]. The van der Waals surface area contributed by atoms with Crippen LogP contribution in [0.5, 0.6) is 0 Å². The molecule has 0 N–H and O–H groups in total. The molecule has 0 bridgehead atoms. The first-order chi connectivity index (χ1) is 14.8. The molecule has 1 amide bonds. The number of furan rings is 1. The number of hydrogen-bond donors (Lipinski definition) is 0. The Morgan fingerprint density at radius 3 is 2.74 bits per heavy atom. The van der Waals surface area contributed by atoms with Crippen molar-refractivity contribution in [3.63, 3.8) is 0 Å². The van der Waals surface area contributed by atoms with Crippen molar-refractivity contribution in [1.29, 1.82) is 0 Å². The summed E-state index contributed by atoms with van der Waals surface area (Å²) in [5.41, 5.74) is 1.43. The Bertz CT molecular complexity index is 1290. The number of hydrogen-bond acceptors (Lipinski definition) is 6. The van der Waals surface area contributed by atoms with Gasteiger partial charge in [0, 0.05) is 23.3 Å². The van der Waals surface area contributed by atoms with Crippen molar-refractivity contribution in [2.45, 2.75) is 6.92 Å². The zero-order chi connectivity index (χ0) is 22.3. The molecule has 1 aromatic heterocycles. The van der Waals surface area contributed by atoms with Crippen LogP contribution in [-0.4, -0.2) is 15.2 Å². The zero-order valence-corrected chi connectivity index (χ0v) is 18.2. The highest BCUT2D eigenvalue weighted by Gasteiger charge is 2.34. The summed E-state index contributed by atoms with van der Waals surface area (Å²) in [5, 5.41) is 11.1. The van der Waals surface area contributed by atoms with Crippen molar-refractivity contribution in [1.82, 2.24) is 0 Å². The standard InChI is InChI=1S/C21H12ClFN2O4S2/c1-11-14(3-2-4-17(11)25(27)28)18-8-6-13(29-18)10-19-20(26)24(21(30)31-19)12-5-7-16(23)15(22)9-12/h2-10H,1H3. The van der Waals surface area contributed by atoms with E-state index in [1.165, 1.54) is 29.2 Å². The van der Waals surface area contributed by atoms with Crippen LogP contribution in [-0.2, 0) is 4.79 Å². The van der Waals surface area contributed by atoms with Gasteiger partial charge in [0.25, 0.3) is 11.6 Å². The van der Waals surface area contributed by atoms with E-state index in [4.69, 9.17) is 28.2 Å². The van der Waals surface area contributed by atoms with Gasteiger partial charge >= 0.3 is 0 Å². The third kappa shape index (κ3) is 3.99. The monoisotopic (exact) mass is 474 g/mol. The van der Waals surface area contributed by atoms with Crippen molar-refractivity contribution in [3.8, 4) is 11.3 Å². The highest BCUT2D eigenvalue weighted by Crippen LogP contribution is 2.38. The summed E-state index contributed by atoms with van der Waals surface area (Å²) in [6.07, 6.45) is 1.54. The summed E-state index contributed by atoms with van der Waals surface area (Å²) >= 11 is 12.2. The topological polar surface area (TPSA) is 76.6 Å². The second-order valence-corrected chi connectivity index (χ2v) is 8.61. The number of thiocarbonyl (C=S) groups is 1. The Balaban J connectivity index is 1.64. The number of anilines is 1. The van der Waals surface area contributed by atoms with E-state index >= 15 is 0 Å². The van der Waals surface area contributed by atoms with Gasteiger partial charge in [-0.1, -0.05) is 47.7 Å². The van der Waals surface area contributed by atoms with Crippen molar-refractivity contribution in [2.24, 2.45) is 0 Å². The van der Waals surface area contributed by atoms with Crippen LogP contribution in [0.4, 0.5) is 15.8 Å². The highest BCUT2D eigenvalue weighted by atomic mass is 35.5. The predicted octanol–water partition coefficient (Wildman–Crippen LogP) is 6.36. The molecular weight excluding hydrogens is 463 g/mol. The second kappa shape index (κ2) is 8.26. The average molecular weight is 475 g/mol. The first-order valence-corrected chi connectivity index (χ1v) is 10.4. The fraction of sp³-hybridized carbons (Fsp3) is 0.0476. The number of thioether (sulfide) groups is 1. The van der Waals surface area contributed by atoms with Gasteiger partial charge in [0.2, 0.25) is 0 Å². The second-order valence-electron chi connectivity index (χ2n) is 6.52. The Labute approximate surface area is 190 Å². The van der Waals surface area contributed by atoms with E-state index < -0.39 is 10.7 Å². The summed E-state index contributed by atoms with van der Waals surface area (Å²) in [5.74, 6) is -0.153. The number of nitro benzene ring substituents is 1. The number of rotatable bonds is 4. The normalized spacial score (nSPS) is 15.2. The van der Waals surface area contributed by atoms with Crippen molar-refractivity contribution in [3.05, 3.63) is 85.7 Å². The molecule has 10 heteroatoms. The van der Waals surface area contributed by atoms with Gasteiger partial charge in [0.1, 0.15) is 17.3 Å². The lowest BCUT2D eigenvalue weighted by Crippen LogP contribution is -2.27. The lowest BCUT2D eigenvalue weighted by Gasteiger charge is -2.14. The molecule has 156 valence electrons. The highest BCUT2D eigenvalue weighted by molar-refractivity contribution is 8.27. The van der Waals surface area contributed by atoms with E-state index in [0.717, 1.165) is 11.8 Å². The molecule has 0 aliphatic carbocycles. The van der Waals surface area contributed by atoms with E-state index in [1.54, 1.807) is 37.3 Å². The van der Waals surface area contributed by atoms with E-state index in [1.807, 2.05) is 0 Å². The lowest BCUT2D eigenvalue weighted by molar-refractivity contribution is -0.385. The summed E-state index contributed by atoms with van der Waals surface area (Å²) in [7, 11) is 0. The number of nitro groups is 1. The number of carbonyl (C=O) groups excluding carboxylic acids is 1. The van der Waals surface area contributed by atoms with Gasteiger partial charge in [-0.2, -0.15) is 0 Å². The minimum Gasteiger partial charge on any atom is -0.457 e. The van der Waals surface area contributed by atoms with E-state index in [9.17, 15) is 19.3 Å². The number of nitrogens with zero attached hydrogens (tertiary/aromatic N) is 2. The van der Waals surface area contributed by atoms with Crippen LogP contribution >= 0.6 is 35.6 Å². The molecule has 1 saturated heterocycles. The van der Waals surface area contributed by atoms with Crippen LogP contribution in [0.3, 0.4) is 0 Å². The quantitative estimate of drug-likeness (QED) is 0.189. The fourth-order valence-electron chi connectivity index (χ4n) is 3.11. The molecule has 1 fully saturated rings. The Morgan fingerprint density at radius 1 is 1.26 bits per heavy atom. The molecule has 31 heavy (non-hydrogen) atoms. The third-order valence-corrected chi connectivity index (χ3v) is 6.21. The Hall–Kier alpha value is -3.01. The molecule has 6 nitrogen and oxygen atoms in total. The summed E-state index contributed by atoms with van der Waals surface area (Å²) in [6, 6.07) is 12.0. The molecule has 0 atom stereocenters. The van der Waals surface area contributed by atoms with E-state index in [-0.39, 0.29) is 20.9 Å². The molecule has 4 rings (SSSR count). The largest absolute Gasteiger partial charge is 0.457 e. The van der Waals surface area contributed by atoms with Crippen LogP contribution in [0.15, 0.2) is 57.9 Å². The maximum absolute atomic E-state index is 13.4. The maximum Gasteiger partial charge on any atom is 0.273 e. The van der Waals surface area contributed by atoms with Gasteiger partial charge in [0.15, 0.2) is 4.32 Å². The van der Waals surface area contributed by atoms with E-state index in [2.05, 4.69) is 0 Å². The van der Waals surface area contributed by atoms with Gasteiger partial charge in [0.05, 0.1) is 20.5 Å². The fourth-order valence-corrected chi connectivity index (χ4v) is 4.56. The maximum atomic E-state index is 13.4. The molecule has 0 spiro atoms. The van der Waals surface area contributed by atoms with Crippen LogP contribution in [0.2, 0.25) is 5.02 Å². The first-order valence-electron chi connectivity index (χ1n) is 8.83. The number of carbonyl (C=O) groups is 1. The molecule has 3 aromatic rings. The minimum atomic E-state index is -0.592. The molecule has 0 radical (unpaired) electrons. The number of amides is 1. The van der Waals surface area contributed by atoms with E-state index in [0.29, 0.717) is 33.2 Å². The van der Waals surface area contributed by atoms with Crippen LogP contribution in [0.1, 0.15) is 11.3 Å². The summed E-state index contributed by atoms with van der Waals surface area (Å²) < 4.78 is 19.5.